The highest BCUT2D eigenvalue weighted by molar-refractivity contribution is 5.97. The van der Waals surface area contributed by atoms with Gasteiger partial charge in [-0.25, -0.2) is 4.68 Å². The Kier molecular flexibility index (Phi) is 5.30. The third kappa shape index (κ3) is 3.18. The van der Waals surface area contributed by atoms with Crippen LogP contribution in [0.5, 0.6) is 0 Å². The number of carbonyl (C=O) groups excluding carboxylic acids is 1. The van der Waals surface area contributed by atoms with Gasteiger partial charge < -0.3 is 11.1 Å². The highest BCUT2D eigenvalue weighted by atomic mass is 35.5. The van der Waals surface area contributed by atoms with Crippen molar-refractivity contribution in [1.29, 1.82) is 0 Å². The molecule has 1 aromatic heterocycles. The summed E-state index contributed by atoms with van der Waals surface area (Å²) in [4.78, 5) is 12.3. The van der Waals surface area contributed by atoms with Gasteiger partial charge in [-0.05, 0) is 19.4 Å². The predicted octanol–water partition coefficient (Wildman–Crippen LogP) is 2.14. The number of aromatic nitrogens is 2. The van der Waals surface area contributed by atoms with E-state index in [4.69, 9.17) is 5.73 Å². The average Bonchev–Trinajstić information content (AvgIpc) is 2.87. The molecule has 1 amide bonds. The molecule has 0 saturated heterocycles. The molecule has 1 aromatic carbocycles. The van der Waals surface area contributed by atoms with E-state index in [-0.39, 0.29) is 18.3 Å². The van der Waals surface area contributed by atoms with Gasteiger partial charge in [0.2, 0.25) is 5.91 Å². The Morgan fingerprint density at radius 2 is 2.00 bits per heavy atom. The second-order valence-corrected chi connectivity index (χ2v) is 4.55. The number of nitrogens with one attached hydrogen (secondary N) is 1. The van der Waals surface area contributed by atoms with Crippen LogP contribution in [0.2, 0.25) is 0 Å². The maximum Gasteiger partial charge on any atom is 0.249 e. The van der Waals surface area contributed by atoms with Crippen LogP contribution in [0.15, 0.2) is 42.6 Å². The van der Waals surface area contributed by atoms with E-state index in [1.807, 2.05) is 37.3 Å². The highest BCUT2D eigenvalue weighted by Gasteiger charge is 2.30. The van der Waals surface area contributed by atoms with Crippen molar-refractivity contribution in [3.63, 3.8) is 0 Å². The van der Waals surface area contributed by atoms with Gasteiger partial charge in [0.05, 0.1) is 6.20 Å². The van der Waals surface area contributed by atoms with E-state index in [1.165, 1.54) is 0 Å². The van der Waals surface area contributed by atoms with Gasteiger partial charge in [0.1, 0.15) is 11.4 Å². The van der Waals surface area contributed by atoms with Crippen LogP contribution in [0.25, 0.3) is 0 Å². The first-order valence-electron chi connectivity index (χ1n) is 6.23. The number of anilines is 1. The Morgan fingerprint density at radius 3 is 2.60 bits per heavy atom. The number of nitrogens with two attached hydrogens (primary N) is 1. The summed E-state index contributed by atoms with van der Waals surface area (Å²) in [5, 5.41) is 6.92. The average molecular weight is 295 g/mol. The number of carbonyl (C=O) groups is 1. The molecule has 2 rings (SSSR count). The minimum atomic E-state index is -1.08. The smallest absolute Gasteiger partial charge is 0.249 e. The summed E-state index contributed by atoms with van der Waals surface area (Å²) in [7, 11) is 0. The zero-order valence-electron chi connectivity index (χ0n) is 11.5. The summed E-state index contributed by atoms with van der Waals surface area (Å²) < 4.78 is 1.71. The van der Waals surface area contributed by atoms with Gasteiger partial charge in [-0.15, -0.1) is 12.4 Å². The number of hydrogen-bond donors (Lipinski definition) is 2. The molecule has 0 aliphatic carbocycles. The lowest BCUT2D eigenvalue weighted by atomic mass is 9.92. The lowest BCUT2D eigenvalue weighted by Crippen LogP contribution is -2.45. The van der Waals surface area contributed by atoms with Gasteiger partial charge in [-0.1, -0.05) is 30.3 Å². The summed E-state index contributed by atoms with van der Waals surface area (Å²) in [5.74, 6) is 0.397. The zero-order chi connectivity index (χ0) is 13.9. The molecule has 0 aliphatic rings. The number of rotatable bonds is 4. The Labute approximate surface area is 124 Å². The number of benzene rings is 1. The summed E-state index contributed by atoms with van der Waals surface area (Å²) >= 11 is 0. The maximum atomic E-state index is 12.3. The van der Waals surface area contributed by atoms with Crippen molar-refractivity contribution >= 4 is 24.1 Å². The summed E-state index contributed by atoms with van der Waals surface area (Å²) in [6.45, 7) is 4.35. The van der Waals surface area contributed by atoms with Crippen LogP contribution in [0, 0.1) is 0 Å². The topological polar surface area (TPSA) is 72.9 Å². The standard InChI is InChI=1S/C14H18N4O.ClH/c1-3-18-12(9-10-16-18)17-13(19)14(2,15)11-7-5-4-6-8-11;/h4-10H,3,15H2,1-2H3,(H,17,19);1H. The molecule has 2 aromatic rings. The van der Waals surface area contributed by atoms with E-state index >= 15 is 0 Å². The minimum absolute atomic E-state index is 0. The van der Waals surface area contributed by atoms with Crippen molar-refractivity contribution in [2.45, 2.75) is 25.9 Å². The van der Waals surface area contributed by atoms with Crippen LogP contribution in [0.4, 0.5) is 5.82 Å². The molecule has 20 heavy (non-hydrogen) atoms. The van der Waals surface area contributed by atoms with E-state index in [1.54, 1.807) is 23.9 Å². The van der Waals surface area contributed by atoms with Gasteiger partial charge in [0.25, 0.3) is 0 Å². The highest BCUT2D eigenvalue weighted by Crippen LogP contribution is 2.19. The van der Waals surface area contributed by atoms with Crippen molar-refractivity contribution in [1.82, 2.24) is 9.78 Å². The molecule has 1 heterocycles. The van der Waals surface area contributed by atoms with Crippen molar-refractivity contribution < 1.29 is 4.79 Å². The number of hydrogen-bond acceptors (Lipinski definition) is 3. The maximum absolute atomic E-state index is 12.3. The van der Waals surface area contributed by atoms with Crippen molar-refractivity contribution in [2.24, 2.45) is 5.73 Å². The normalized spacial score (nSPS) is 13.2. The second-order valence-electron chi connectivity index (χ2n) is 4.55. The number of halogens is 1. The SMILES string of the molecule is CCn1nccc1NC(=O)C(C)(N)c1ccccc1.Cl. The van der Waals surface area contributed by atoms with Crippen molar-refractivity contribution in [3.8, 4) is 0 Å². The van der Waals surface area contributed by atoms with Gasteiger partial charge >= 0.3 is 0 Å². The number of nitrogens with zero attached hydrogens (tertiary/aromatic N) is 2. The molecule has 0 aliphatic heterocycles. The van der Waals surface area contributed by atoms with Gasteiger partial charge in [0, 0.05) is 12.6 Å². The summed E-state index contributed by atoms with van der Waals surface area (Å²) in [6.07, 6.45) is 1.65. The van der Waals surface area contributed by atoms with Crippen LogP contribution in [-0.2, 0) is 16.9 Å². The minimum Gasteiger partial charge on any atom is -0.314 e. The van der Waals surface area contributed by atoms with Gasteiger partial charge in [-0.2, -0.15) is 5.10 Å². The lowest BCUT2D eigenvalue weighted by Gasteiger charge is -2.24. The molecular formula is C14H19ClN4O. The van der Waals surface area contributed by atoms with Crippen molar-refractivity contribution in [2.75, 3.05) is 5.32 Å². The molecular weight excluding hydrogens is 276 g/mol. The van der Waals surface area contributed by atoms with Crippen LogP contribution in [0.1, 0.15) is 19.4 Å². The monoisotopic (exact) mass is 294 g/mol. The van der Waals surface area contributed by atoms with Crippen LogP contribution in [0.3, 0.4) is 0 Å². The first kappa shape index (κ1) is 16.2. The van der Waals surface area contributed by atoms with Crippen molar-refractivity contribution in [3.05, 3.63) is 48.2 Å². The fourth-order valence-electron chi connectivity index (χ4n) is 1.85. The number of amides is 1. The summed E-state index contributed by atoms with van der Waals surface area (Å²) in [6, 6.07) is 11.1. The Balaban J connectivity index is 0.00000200. The molecule has 0 radical (unpaired) electrons. The molecule has 3 N–H and O–H groups in total. The van der Waals surface area contributed by atoms with Crippen LogP contribution >= 0.6 is 12.4 Å². The Hall–Kier alpha value is -1.85. The zero-order valence-corrected chi connectivity index (χ0v) is 12.4. The molecule has 1 atom stereocenters. The van der Waals surface area contributed by atoms with Crippen LogP contribution < -0.4 is 11.1 Å². The van der Waals surface area contributed by atoms with E-state index < -0.39 is 5.54 Å². The molecule has 108 valence electrons. The largest absolute Gasteiger partial charge is 0.314 e. The first-order valence-corrected chi connectivity index (χ1v) is 6.23. The molecule has 5 nitrogen and oxygen atoms in total. The molecule has 0 saturated carbocycles. The lowest BCUT2D eigenvalue weighted by molar-refractivity contribution is -0.120. The van der Waals surface area contributed by atoms with Gasteiger partial charge in [-0.3, -0.25) is 4.79 Å². The van der Waals surface area contributed by atoms with Crippen LogP contribution in [-0.4, -0.2) is 15.7 Å². The first-order chi connectivity index (χ1) is 9.05. The molecule has 0 bridgehead atoms. The third-order valence-electron chi connectivity index (χ3n) is 3.10. The number of aryl methyl sites for hydroxylation is 1. The quantitative estimate of drug-likeness (QED) is 0.907. The Morgan fingerprint density at radius 1 is 1.35 bits per heavy atom. The second kappa shape index (κ2) is 6.54. The third-order valence-corrected chi connectivity index (χ3v) is 3.10. The Bertz CT molecular complexity index is 566. The predicted molar refractivity (Wildman–Crippen MR) is 81.8 cm³/mol. The fourth-order valence-corrected chi connectivity index (χ4v) is 1.85. The summed E-state index contributed by atoms with van der Waals surface area (Å²) in [5.41, 5.74) is 5.84. The molecule has 6 heteroatoms. The van der Waals surface area contributed by atoms with E-state index in [9.17, 15) is 4.79 Å². The van der Waals surface area contributed by atoms with Gasteiger partial charge in [0.15, 0.2) is 0 Å². The van der Waals surface area contributed by atoms with E-state index in [0.717, 1.165) is 5.56 Å². The van der Waals surface area contributed by atoms with E-state index in [2.05, 4.69) is 10.4 Å². The molecule has 0 spiro atoms. The molecule has 0 fully saturated rings. The van der Waals surface area contributed by atoms with E-state index in [0.29, 0.717) is 12.4 Å². The fraction of sp³-hybridized carbons (Fsp3) is 0.286. The molecule has 1 unspecified atom stereocenters.